The summed E-state index contributed by atoms with van der Waals surface area (Å²) in [7, 11) is 0. The van der Waals surface area contributed by atoms with Crippen LogP contribution in [0.15, 0.2) is 0 Å². The van der Waals surface area contributed by atoms with Gasteiger partial charge in [0.05, 0.1) is 36.5 Å². The fraction of sp³-hybridized carbons (Fsp3) is 0.917. The summed E-state index contributed by atoms with van der Waals surface area (Å²) in [6, 6.07) is -1.40. The van der Waals surface area contributed by atoms with Crippen LogP contribution in [0.4, 0.5) is 0 Å². The summed E-state index contributed by atoms with van der Waals surface area (Å²) in [5, 5.41) is 66.7. The summed E-state index contributed by atoms with van der Waals surface area (Å²) < 4.78 is 6.22. The molecule has 0 heterocycles. The fourth-order valence-corrected chi connectivity index (χ4v) is 5.85. The Kier molecular flexibility index (Phi) is 10.9. The number of amides is 2. The van der Waals surface area contributed by atoms with Gasteiger partial charge < -0.3 is 46.0 Å². The van der Waals surface area contributed by atoms with Crippen LogP contribution in [-0.4, -0.2) is 105 Å². The Balaban J connectivity index is 2.14. The molecule has 0 bridgehead atoms. The molecule has 2 aliphatic rings. The Morgan fingerprint density at radius 2 is 1.26 bits per heavy atom. The zero-order chi connectivity index (χ0) is 26.5. The van der Waals surface area contributed by atoms with Crippen LogP contribution in [0.2, 0.25) is 0 Å². The average molecular weight is 505 g/mol. The molecule has 0 aromatic heterocycles. The molecular formula is C24H44N2O9. The minimum Gasteiger partial charge on any atom is -0.396 e. The molecule has 11 heteroatoms. The molecule has 0 spiro atoms. The van der Waals surface area contributed by atoms with Crippen LogP contribution in [-0.2, 0) is 14.3 Å². The van der Waals surface area contributed by atoms with Gasteiger partial charge in [0.15, 0.2) is 0 Å². The number of aliphatic hydroxyl groups excluding tert-OH is 6. The van der Waals surface area contributed by atoms with Gasteiger partial charge in [0, 0.05) is 51.4 Å². The molecule has 35 heavy (non-hydrogen) atoms. The molecule has 11 nitrogen and oxygen atoms in total. The lowest BCUT2D eigenvalue weighted by molar-refractivity contribution is -0.141. The number of aliphatic hydroxyl groups is 6. The van der Waals surface area contributed by atoms with E-state index in [9.17, 15) is 40.2 Å². The van der Waals surface area contributed by atoms with Crippen molar-refractivity contribution in [3.8, 4) is 0 Å². The van der Waals surface area contributed by atoms with Gasteiger partial charge in [0.1, 0.15) is 6.10 Å². The molecule has 0 aliphatic heterocycles. The largest absolute Gasteiger partial charge is 0.396 e. The number of nitrogens with one attached hydrogen (secondary N) is 2. The molecule has 2 rings (SSSR count). The lowest BCUT2D eigenvalue weighted by atomic mass is 9.66. The summed E-state index contributed by atoms with van der Waals surface area (Å²) in [5.41, 5.74) is -0.789. The first-order valence-electron chi connectivity index (χ1n) is 12.4. The van der Waals surface area contributed by atoms with Crippen molar-refractivity contribution in [3.63, 3.8) is 0 Å². The molecule has 8 N–H and O–H groups in total. The first-order valence-corrected chi connectivity index (χ1v) is 12.4. The normalized spacial score (nSPS) is 38.1. The van der Waals surface area contributed by atoms with E-state index < -0.39 is 47.8 Å². The molecule has 2 amide bonds. The number of rotatable bonds is 10. The quantitative estimate of drug-likeness (QED) is 0.168. The zero-order valence-electron chi connectivity index (χ0n) is 21.1. The maximum Gasteiger partial charge on any atom is 0.217 e. The van der Waals surface area contributed by atoms with E-state index >= 15 is 0 Å². The standard InChI is InChI=1S/C24H44N2O9/c1-12(30)25-19-15(9-28)5-14(8-27)18(22(19)33)7-24(3,4)35-11-17-6-16(10-29)21(32)23(34)20(17)26-13(2)31/h14-23,27-29,32-34H,5-11H2,1-4H3,(H,25,30)(H,26,31). The Labute approximate surface area is 206 Å². The van der Waals surface area contributed by atoms with Crippen molar-refractivity contribution in [3.05, 3.63) is 0 Å². The molecule has 2 fully saturated rings. The Morgan fingerprint density at radius 1 is 0.771 bits per heavy atom. The molecular weight excluding hydrogens is 460 g/mol. The van der Waals surface area contributed by atoms with Gasteiger partial charge in [-0.25, -0.2) is 0 Å². The smallest absolute Gasteiger partial charge is 0.217 e. The maximum absolute atomic E-state index is 11.7. The average Bonchev–Trinajstić information content (AvgIpc) is 2.78. The number of carbonyl (C=O) groups excluding carboxylic acids is 2. The lowest BCUT2D eigenvalue weighted by Crippen LogP contribution is -2.60. The van der Waals surface area contributed by atoms with E-state index in [0.717, 1.165) is 0 Å². The van der Waals surface area contributed by atoms with E-state index in [2.05, 4.69) is 10.6 Å². The Hall–Kier alpha value is -1.34. The number of hydrogen-bond acceptors (Lipinski definition) is 9. The van der Waals surface area contributed by atoms with Crippen molar-refractivity contribution in [2.75, 3.05) is 26.4 Å². The van der Waals surface area contributed by atoms with Gasteiger partial charge >= 0.3 is 0 Å². The molecule has 0 saturated heterocycles. The third-order valence-corrected chi connectivity index (χ3v) is 7.70. The zero-order valence-corrected chi connectivity index (χ0v) is 21.1. The van der Waals surface area contributed by atoms with Crippen LogP contribution in [0.25, 0.3) is 0 Å². The van der Waals surface area contributed by atoms with Crippen LogP contribution in [0, 0.1) is 29.6 Å². The maximum atomic E-state index is 11.7. The van der Waals surface area contributed by atoms with Crippen LogP contribution in [0.1, 0.15) is 47.0 Å². The highest BCUT2D eigenvalue weighted by molar-refractivity contribution is 5.73. The summed E-state index contributed by atoms with van der Waals surface area (Å²) in [6.45, 7) is 5.75. The van der Waals surface area contributed by atoms with Crippen molar-refractivity contribution in [1.82, 2.24) is 10.6 Å². The Morgan fingerprint density at radius 3 is 1.74 bits per heavy atom. The second-order valence-electron chi connectivity index (χ2n) is 10.9. The SMILES string of the molecule is CC(=O)NC1C(COC(C)(C)CC2C(CO)CC(CO)C(NC(C)=O)C2O)CC(CO)C(O)C1O. The van der Waals surface area contributed by atoms with Crippen LogP contribution >= 0.6 is 0 Å². The molecule has 204 valence electrons. The molecule has 2 aliphatic carbocycles. The van der Waals surface area contributed by atoms with Crippen molar-refractivity contribution in [2.24, 2.45) is 29.6 Å². The van der Waals surface area contributed by atoms with Crippen LogP contribution in [0.3, 0.4) is 0 Å². The predicted molar refractivity (Wildman–Crippen MR) is 126 cm³/mol. The summed E-state index contributed by atoms with van der Waals surface area (Å²) in [6.07, 6.45) is -2.31. The minimum absolute atomic E-state index is 0.124. The van der Waals surface area contributed by atoms with Gasteiger partial charge in [-0.2, -0.15) is 0 Å². The predicted octanol–water partition coefficient (Wildman–Crippen LogP) is -1.87. The Bertz CT molecular complexity index is 706. The van der Waals surface area contributed by atoms with Gasteiger partial charge in [-0.15, -0.1) is 0 Å². The second-order valence-corrected chi connectivity index (χ2v) is 10.9. The lowest BCUT2D eigenvalue weighted by Gasteiger charge is -2.47. The molecule has 10 atom stereocenters. The molecule has 0 aromatic carbocycles. The molecule has 2 saturated carbocycles. The minimum atomic E-state index is -1.26. The number of carbonyl (C=O) groups is 2. The van der Waals surface area contributed by atoms with E-state index in [4.69, 9.17) is 4.74 Å². The topological polar surface area (TPSA) is 189 Å². The van der Waals surface area contributed by atoms with Crippen LogP contribution in [0.5, 0.6) is 0 Å². The van der Waals surface area contributed by atoms with Gasteiger partial charge in [-0.05, 0) is 44.9 Å². The van der Waals surface area contributed by atoms with Crippen molar-refractivity contribution >= 4 is 11.8 Å². The highest BCUT2D eigenvalue weighted by Crippen LogP contribution is 2.40. The van der Waals surface area contributed by atoms with E-state index in [-0.39, 0.29) is 56.0 Å². The molecule has 0 radical (unpaired) electrons. The van der Waals surface area contributed by atoms with Crippen molar-refractivity contribution in [1.29, 1.82) is 0 Å². The van der Waals surface area contributed by atoms with E-state index in [1.165, 1.54) is 13.8 Å². The third kappa shape index (κ3) is 7.58. The van der Waals surface area contributed by atoms with Gasteiger partial charge in [-0.1, -0.05) is 0 Å². The highest BCUT2D eigenvalue weighted by Gasteiger charge is 2.47. The van der Waals surface area contributed by atoms with Crippen molar-refractivity contribution < 1.29 is 45.0 Å². The van der Waals surface area contributed by atoms with Crippen LogP contribution < -0.4 is 10.6 Å². The second kappa shape index (κ2) is 12.8. The first-order chi connectivity index (χ1) is 16.3. The summed E-state index contributed by atoms with van der Waals surface area (Å²) in [4.78, 5) is 23.4. The van der Waals surface area contributed by atoms with E-state index in [0.29, 0.717) is 19.3 Å². The highest BCUT2D eigenvalue weighted by atomic mass is 16.5. The van der Waals surface area contributed by atoms with E-state index in [1.807, 2.05) is 13.8 Å². The summed E-state index contributed by atoms with van der Waals surface area (Å²) in [5.74, 6) is -2.69. The van der Waals surface area contributed by atoms with E-state index in [1.54, 1.807) is 0 Å². The van der Waals surface area contributed by atoms with Gasteiger partial charge in [0.25, 0.3) is 0 Å². The van der Waals surface area contributed by atoms with Gasteiger partial charge in [-0.3, -0.25) is 9.59 Å². The van der Waals surface area contributed by atoms with Crippen molar-refractivity contribution in [2.45, 2.75) is 83.0 Å². The number of hydrogen-bond donors (Lipinski definition) is 8. The fourth-order valence-electron chi connectivity index (χ4n) is 5.85. The molecule has 10 unspecified atom stereocenters. The van der Waals surface area contributed by atoms with Gasteiger partial charge in [0.2, 0.25) is 11.8 Å². The number of ether oxygens (including phenoxy) is 1. The first kappa shape index (κ1) is 29.9. The summed E-state index contributed by atoms with van der Waals surface area (Å²) >= 11 is 0. The molecule has 0 aromatic rings. The monoisotopic (exact) mass is 504 g/mol. The third-order valence-electron chi connectivity index (χ3n) is 7.70.